The van der Waals surface area contributed by atoms with E-state index in [0.29, 0.717) is 5.00 Å². The lowest BCUT2D eigenvalue weighted by Gasteiger charge is -2.17. The first-order chi connectivity index (χ1) is 7.75. The van der Waals surface area contributed by atoms with Crippen LogP contribution in [-0.4, -0.2) is 17.0 Å². The molecule has 0 saturated carbocycles. The Kier molecular flexibility index (Phi) is 3.93. The number of carbonyl (C=O) groups excluding carboxylic acids is 1. The van der Waals surface area contributed by atoms with E-state index in [9.17, 15) is 9.59 Å². The second-order valence-corrected chi connectivity index (χ2v) is 5.96. The van der Waals surface area contributed by atoms with Crippen molar-refractivity contribution < 1.29 is 14.7 Å². The minimum atomic E-state index is -1.01. The van der Waals surface area contributed by atoms with Gasteiger partial charge in [-0.25, -0.2) is 4.79 Å². The predicted octanol–water partition coefficient (Wildman–Crippen LogP) is 2.99. The van der Waals surface area contributed by atoms with Crippen molar-refractivity contribution in [1.82, 2.24) is 0 Å². The van der Waals surface area contributed by atoms with Crippen LogP contribution in [0.3, 0.4) is 0 Å². The van der Waals surface area contributed by atoms with Crippen molar-refractivity contribution in [1.29, 1.82) is 0 Å². The molecule has 1 aromatic heterocycles. The smallest absolute Gasteiger partial charge is 0.338 e. The normalized spacial score (nSPS) is 11.3. The molecule has 0 unspecified atom stereocenters. The first-order valence-corrected chi connectivity index (χ1v) is 6.24. The lowest BCUT2D eigenvalue weighted by molar-refractivity contribution is -0.123. The minimum absolute atomic E-state index is 0.171. The van der Waals surface area contributed by atoms with E-state index in [1.54, 1.807) is 26.8 Å². The number of aromatic carboxylic acids is 1. The molecule has 0 bridgehead atoms. The number of hydrogen-bond donors (Lipinski definition) is 2. The van der Waals surface area contributed by atoms with E-state index in [2.05, 4.69) is 5.32 Å². The average molecular weight is 255 g/mol. The third kappa shape index (κ3) is 3.30. The quantitative estimate of drug-likeness (QED) is 0.872. The second kappa shape index (κ2) is 4.87. The van der Waals surface area contributed by atoms with E-state index in [4.69, 9.17) is 5.11 Å². The van der Waals surface area contributed by atoms with E-state index in [1.165, 1.54) is 11.3 Å². The highest BCUT2D eigenvalue weighted by Crippen LogP contribution is 2.30. The first-order valence-electron chi connectivity index (χ1n) is 5.43. The molecule has 5 heteroatoms. The fourth-order valence-corrected chi connectivity index (χ4v) is 2.14. The van der Waals surface area contributed by atoms with Gasteiger partial charge in [0.05, 0.1) is 5.56 Å². The number of hydrogen-bond acceptors (Lipinski definition) is 3. The van der Waals surface area contributed by atoms with Crippen LogP contribution in [0.5, 0.6) is 0 Å². The molecule has 0 aromatic carbocycles. The topological polar surface area (TPSA) is 66.4 Å². The van der Waals surface area contributed by atoms with E-state index >= 15 is 0 Å². The van der Waals surface area contributed by atoms with Gasteiger partial charge >= 0.3 is 5.97 Å². The number of rotatable bonds is 3. The number of anilines is 1. The Bertz CT molecular complexity index is 443. The summed E-state index contributed by atoms with van der Waals surface area (Å²) in [6.07, 6.45) is 0.760. The van der Waals surface area contributed by atoms with E-state index in [1.807, 2.05) is 6.92 Å². The molecule has 0 aliphatic carbocycles. The number of nitrogens with one attached hydrogen (secondary N) is 1. The Balaban J connectivity index is 3.01. The molecule has 0 aliphatic rings. The van der Waals surface area contributed by atoms with Gasteiger partial charge in [-0.05, 0) is 12.5 Å². The van der Waals surface area contributed by atoms with Gasteiger partial charge in [0.25, 0.3) is 0 Å². The summed E-state index contributed by atoms with van der Waals surface area (Å²) in [5.74, 6) is -1.19. The van der Waals surface area contributed by atoms with Crippen molar-refractivity contribution in [3.8, 4) is 0 Å². The highest BCUT2D eigenvalue weighted by molar-refractivity contribution is 7.16. The highest BCUT2D eigenvalue weighted by atomic mass is 32.1. The van der Waals surface area contributed by atoms with Crippen molar-refractivity contribution in [2.45, 2.75) is 34.1 Å². The van der Waals surface area contributed by atoms with Gasteiger partial charge in [0, 0.05) is 10.3 Å². The summed E-state index contributed by atoms with van der Waals surface area (Å²) >= 11 is 1.32. The molecule has 1 amide bonds. The average Bonchev–Trinajstić information content (AvgIpc) is 2.59. The Morgan fingerprint density at radius 1 is 1.41 bits per heavy atom. The molecular weight excluding hydrogens is 238 g/mol. The molecular formula is C12H17NO3S. The van der Waals surface area contributed by atoms with Crippen LogP contribution in [-0.2, 0) is 11.2 Å². The zero-order valence-electron chi connectivity index (χ0n) is 10.5. The summed E-state index contributed by atoms with van der Waals surface area (Å²) in [5.41, 5.74) is -0.365. The fourth-order valence-electron chi connectivity index (χ4n) is 1.16. The van der Waals surface area contributed by atoms with Crippen LogP contribution in [0.2, 0.25) is 0 Å². The summed E-state index contributed by atoms with van der Waals surface area (Å²) in [5, 5.41) is 12.2. The van der Waals surface area contributed by atoms with Crippen molar-refractivity contribution in [2.24, 2.45) is 5.41 Å². The van der Waals surface area contributed by atoms with Crippen LogP contribution < -0.4 is 5.32 Å². The molecule has 1 rings (SSSR count). The Morgan fingerprint density at radius 3 is 2.41 bits per heavy atom. The number of carboxylic acid groups (broad SMARTS) is 1. The minimum Gasteiger partial charge on any atom is -0.478 e. The molecule has 0 fully saturated rings. The Morgan fingerprint density at radius 2 is 2.00 bits per heavy atom. The Hall–Kier alpha value is -1.36. The van der Waals surface area contributed by atoms with Gasteiger partial charge in [0.1, 0.15) is 5.00 Å². The molecule has 0 spiro atoms. The zero-order chi connectivity index (χ0) is 13.2. The third-order valence-corrected chi connectivity index (χ3v) is 3.47. The lowest BCUT2D eigenvalue weighted by Crippen LogP contribution is -2.27. The maximum absolute atomic E-state index is 11.8. The first kappa shape index (κ1) is 13.7. The summed E-state index contributed by atoms with van der Waals surface area (Å²) in [7, 11) is 0. The molecule has 0 saturated heterocycles. The van der Waals surface area contributed by atoms with Gasteiger partial charge in [0.2, 0.25) is 5.91 Å². The lowest BCUT2D eigenvalue weighted by atomic mass is 9.96. The third-order valence-electron chi connectivity index (χ3n) is 2.27. The maximum Gasteiger partial charge on any atom is 0.338 e. The van der Waals surface area contributed by atoms with Crippen molar-refractivity contribution in [3.63, 3.8) is 0 Å². The second-order valence-electron chi connectivity index (χ2n) is 4.82. The van der Waals surface area contributed by atoms with Gasteiger partial charge in [-0.3, -0.25) is 4.79 Å². The molecule has 17 heavy (non-hydrogen) atoms. The van der Waals surface area contributed by atoms with Gasteiger partial charge in [-0.1, -0.05) is 27.7 Å². The number of carboxylic acids is 1. The SMILES string of the molecule is CCc1cc(C(=O)O)c(NC(=O)C(C)(C)C)s1. The largest absolute Gasteiger partial charge is 0.478 e. The van der Waals surface area contributed by atoms with Gasteiger partial charge < -0.3 is 10.4 Å². The summed E-state index contributed by atoms with van der Waals surface area (Å²) in [6, 6.07) is 1.62. The van der Waals surface area contributed by atoms with Gasteiger partial charge in [0.15, 0.2) is 0 Å². The molecule has 1 heterocycles. The van der Waals surface area contributed by atoms with E-state index < -0.39 is 11.4 Å². The van der Waals surface area contributed by atoms with Crippen LogP contribution >= 0.6 is 11.3 Å². The molecule has 0 atom stereocenters. The molecule has 0 aliphatic heterocycles. The van der Waals surface area contributed by atoms with Gasteiger partial charge in [-0.2, -0.15) is 0 Å². The maximum atomic E-state index is 11.8. The fraction of sp³-hybridized carbons (Fsp3) is 0.500. The molecule has 94 valence electrons. The number of thiophene rings is 1. The van der Waals surface area contributed by atoms with Crippen LogP contribution in [0.1, 0.15) is 42.9 Å². The summed E-state index contributed by atoms with van der Waals surface area (Å²) < 4.78 is 0. The predicted molar refractivity (Wildman–Crippen MR) is 68.7 cm³/mol. The molecule has 4 nitrogen and oxygen atoms in total. The monoisotopic (exact) mass is 255 g/mol. The number of aryl methyl sites for hydroxylation is 1. The summed E-state index contributed by atoms with van der Waals surface area (Å²) in [6.45, 7) is 7.32. The van der Waals surface area contributed by atoms with E-state index in [0.717, 1.165) is 11.3 Å². The van der Waals surface area contributed by atoms with Crippen LogP contribution in [0.15, 0.2) is 6.07 Å². The Labute approximate surface area is 105 Å². The van der Waals surface area contributed by atoms with Crippen LogP contribution in [0.25, 0.3) is 0 Å². The van der Waals surface area contributed by atoms with Crippen LogP contribution in [0.4, 0.5) is 5.00 Å². The highest BCUT2D eigenvalue weighted by Gasteiger charge is 2.24. The standard InChI is InChI=1S/C12H17NO3S/c1-5-7-6-8(10(14)15)9(17-7)13-11(16)12(2,3)4/h6H,5H2,1-4H3,(H,13,16)(H,14,15). The van der Waals surface area contributed by atoms with E-state index in [-0.39, 0.29) is 11.5 Å². The van der Waals surface area contributed by atoms with Crippen molar-refractivity contribution >= 4 is 28.2 Å². The van der Waals surface area contributed by atoms with Crippen molar-refractivity contribution in [2.75, 3.05) is 5.32 Å². The molecule has 0 radical (unpaired) electrons. The number of amides is 1. The zero-order valence-corrected chi connectivity index (χ0v) is 11.3. The molecule has 2 N–H and O–H groups in total. The van der Waals surface area contributed by atoms with Crippen molar-refractivity contribution in [3.05, 3.63) is 16.5 Å². The van der Waals surface area contributed by atoms with Gasteiger partial charge in [-0.15, -0.1) is 11.3 Å². The van der Waals surface area contributed by atoms with Crippen LogP contribution in [0, 0.1) is 5.41 Å². The molecule has 1 aromatic rings. The summed E-state index contributed by atoms with van der Waals surface area (Å²) in [4.78, 5) is 23.8. The number of carbonyl (C=O) groups is 2.